The molecule has 0 unspecified atom stereocenters. The van der Waals surface area contributed by atoms with E-state index in [2.05, 4.69) is 9.72 Å². The van der Waals surface area contributed by atoms with Crippen molar-refractivity contribution >= 4 is 22.6 Å². The van der Waals surface area contributed by atoms with Crippen molar-refractivity contribution in [1.29, 1.82) is 0 Å². The van der Waals surface area contributed by atoms with Crippen LogP contribution in [0.5, 0.6) is 5.75 Å². The van der Waals surface area contributed by atoms with Crippen LogP contribution in [0.25, 0.3) is 0 Å². The SMILES string of the molecule is O=c1[nH]cc(CF)c(OC(F)(F)F)c1I. The van der Waals surface area contributed by atoms with Gasteiger partial charge in [0.15, 0.2) is 5.75 Å². The van der Waals surface area contributed by atoms with Crippen LogP contribution in [-0.2, 0) is 6.67 Å². The Balaban J connectivity index is 3.24. The molecule has 0 aliphatic heterocycles. The van der Waals surface area contributed by atoms with E-state index in [0.29, 0.717) is 0 Å². The van der Waals surface area contributed by atoms with Crippen LogP contribution in [0, 0.1) is 3.57 Å². The molecule has 0 amide bonds. The van der Waals surface area contributed by atoms with Crippen molar-refractivity contribution < 1.29 is 22.3 Å². The van der Waals surface area contributed by atoms with Gasteiger partial charge in [0, 0.05) is 11.8 Å². The third-order valence-corrected chi connectivity index (χ3v) is 2.41. The quantitative estimate of drug-likeness (QED) is 0.665. The minimum Gasteiger partial charge on any atom is -0.404 e. The van der Waals surface area contributed by atoms with Crippen molar-refractivity contribution in [1.82, 2.24) is 4.98 Å². The van der Waals surface area contributed by atoms with Crippen molar-refractivity contribution in [3.8, 4) is 5.75 Å². The summed E-state index contributed by atoms with van der Waals surface area (Å²) >= 11 is 1.36. The first kappa shape index (κ1) is 12.3. The van der Waals surface area contributed by atoms with Gasteiger partial charge >= 0.3 is 6.36 Å². The average Bonchev–Trinajstić information content (AvgIpc) is 2.11. The lowest BCUT2D eigenvalue weighted by Crippen LogP contribution is -2.22. The van der Waals surface area contributed by atoms with Gasteiger partial charge in [-0.05, 0) is 22.6 Å². The number of pyridine rings is 1. The molecule has 0 aliphatic rings. The van der Waals surface area contributed by atoms with E-state index < -0.39 is 24.3 Å². The first-order chi connectivity index (χ1) is 6.85. The third kappa shape index (κ3) is 3.08. The summed E-state index contributed by atoms with van der Waals surface area (Å²) in [4.78, 5) is 13.1. The first-order valence-corrected chi connectivity index (χ1v) is 4.65. The topological polar surface area (TPSA) is 42.1 Å². The second-order valence-electron chi connectivity index (χ2n) is 2.47. The average molecular weight is 337 g/mol. The molecule has 0 spiro atoms. The van der Waals surface area contributed by atoms with Crippen LogP contribution in [0.4, 0.5) is 17.6 Å². The number of alkyl halides is 4. The molecule has 0 radical (unpaired) electrons. The number of aromatic nitrogens is 1. The molecule has 0 saturated heterocycles. The monoisotopic (exact) mass is 337 g/mol. The van der Waals surface area contributed by atoms with Crippen LogP contribution < -0.4 is 10.3 Å². The zero-order valence-electron chi connectivity index (χ0n) is 6.99. The Bertz CT molecular complexity index is 414. The number of hydrogen-bond donors (Lipinski definition) is 1. The van der Waals surface area contributed by atoms with Crippen LogP contribution in [-0.4, -0.2) is 11.3 Å². The molecule has 0 fully saturated rings. The lowest BCUT2D eigenvalue weighted by molar-refractivity contribution is -0.275. The predicted molar refractivity (Wildman–Crippen MR) is 51.3 cm³/mol. The Kier molecular flexibility index (Phi) is 3.58. The molecule has 1 N–H and O–H groups in total. The van der Waals surface area contributed by atoms with E-state index in [0.717, 1.165) is 6.20 Å². The van der Waals surface area contributed by atoms with E-state index in [9.17, 15) is 22.4 Å². The largest absolute Gasteiger partial charge is 0.573 e. The molecule has 0 aromatic carbocycles. The van der Waals surface area contributed by atoms with Crippen molar-refractivity contribution in [2.75, 3.05) is 0 Å². The van der Waals surface area contributed by atoms with Crippen molar-refractivity contribution in [3.05, 3.63) is 25.7 Å². The number of nitrogens with one attached hydrogen (secondary N) is 1. The van der Waals surface area contributed by atoms with Crippen LogP contribution >= 0.6 is 22.6 Å². The summed E-state index contributed by atoms with van der Waals surface area (Å²) in [6.45, 7) is -1.15. The van der Waals surface area contributed by atoms with Crippen molar-refractivity contribution in [2.45, 2.75) is 13.0 Å². The van der Waals surface area contributed by atoms with Gasteiger partial charge in [-0.2, -0.15) is 0 Å². The van der Waals surface area contributed by atoms with E-state index in [1.165, 1.54) is 22.6 Å². The van der Waals surface area contributed by atoms with Gasteiger partial charge in [-0.25, -0.2) is 4.39 Å². The highest BCUT2D eigenvalue weighted by Gasteiger charge is 2.33. The molecule has 1 heterocycles. The van der Waals surface area contributed by atoms with Gasteiger partial charge in [0.05, 0.1) is 0 Å². The second kappa shape index (κ2) is 4.37. The van der Waals surface area contributed by atoms with Crippen molar-refractivity contribution in [2.24, 2.45) is 0 Å². The van der Waals surface area contributed by atoms with E-state index in [4.69, 9.17) is 0 Å². The fourth-order valence-corrected chi connectivity index (χ4v) is 1.46. The van der Waals surface area contributed by atoms with Crippen LogP contribution in [0.3, 0.4) is 0 Å². The summed E-state index contributed by atoms with van der Waals surface area (Å²) < 4.78 is 51.3. The summed E-state index contributed by atoms with van der Waals surface area (Å²) in [6, 6.07) is 0. The van der Waals surface area contributed by atoms with Gasteiger partial charge < -0.3 is 9.72 Å². The minimum absolute atomic E-state index is 0.333. The fraction of sp³-hybridized carbons (Fsp3) is 0.286. The van der Waals surface area contributed by atoms with E-state index in [1.807, 2.05) is 0 Å². The van der Waals surface area contributed by atoms with Gasteiger partial charge in [-0.1, -0.05) is 0 Å². The third-order valence-electron chi connectivity index (χ3n) is 1.43. The molecule has 8 heteroatoms. The molecule has 1 aromatic heterocycles. The smallest absolute Gasteiger partial charge is 0.404 e. The summed E-state index contributed by atoms with van der Waals surface area (Å²) in [6.07, 6.45) is -4.09. The van der Waals surface area contributed by atoms with Gasteiger partial charge in [0.1, 0.15) is 10.2 Å². The molecule has 0 atom stereocenters. The highest BCUT2D eigenvalue weighted by atomic mass is 127. The number of aromatic amines is 1. The zero-order chi connectivity index (χ0) is 11.6. The molecule has 1 aromatic rings. The van der Waals surface area contributed by atoms with Gasteiger partial charge in [-0.15, -0.1) is 13.2 Å². The minimum atomic E-state index is -4.95. The summed E-state index contributed by atoms with van der Waals surface area (Å²) in [5.41, 5.74) is -1.11. The molecule has 15 heavy (non-hydrogen) atoms. The van der Waals surface area contributed by atoms with Gasteiger partial charge in [-0.3, -0.25) is 4.79 Å². The lowest BCUT2D eigenvalue weighted by Gasteiger charge is -2.12. The molecular weight excluding hydrogens is 333 g/mol. The number of ether oxygens (including phenoxy) is 1. The number of halogens is 5. The lowest BCUT2D eigenvalue weighted by atomic mass is 10.3. The molecule has 0 aliphatic carbocycles. The standard InChI is InChI=1S/C7H4F4INO2/c8-1-3-2-13-6(14)4(12)5(3)15-7(9,10)11/h2H,1H2,(H,13,14). The molecular formula is C7H4F4INO2. The van der Waals surface area contributed by atoms with E-state index in [-0.39, 0.29) is 9.13 Å². The Morgan fingerprint density at radius 3 is 2.53 bits per heavy atom. The van der Waals surface area contributed by atoms with Crippen LogP contribution in [0.2, 0.25) is 0 Å². The fourth-order valence-electron chi connectivity index (χ4n) is 0.851. The Hall–Kier alpha value is -0.800. The number of rotatable bonds is 2. The Labute approximate surface area is 94.6 Å². The predicted octanol–water partition coefficient (Wildman–Crippen LogP) is 2.35. The molecule has 84 valence electrons. The molecule has 0 bridgehead atoms. The maximum absolute atomic E-state index is 12.3. The number of H-pyrrole nitrogens is 1. The highest BCUT2D eigenvalue weighted by Crippen LogP contribution is 2.29. The maximum atomic E-state index is 12.3. The first-order valence-electron chi connectivity index (χ1n) is 3.57. The molecule has 3 nitrogen and oxygen atoms in total. The van der Waals surface area contributed by atoms with Crippen molar-refractivity contribution in [3.63, 3.8) is 0 Å². The van der Waals surface area contributed by atoms with Gasteiger partial charge in [0.2, 0.25) is 0 Å². The maximum Gasteiger partial charge on any atom is 0.573 e. The van der Waals surface area contributed by atoms with Crippen LogP contribution in [0.15, 0.2) is 11.0 Å². The molecule has 1 rings (SSSR count). The van der Waals surface area contributed by atoms with E-state index in [1.54, 1.807) is 0 Å². The summed E-state index contributed by atoms with van der Waals surface area (Å²) in [7, 11) is 0. The summed E-state index contributed by atoms with van der Waals surface area (Å²) in [5.74, 6) is -0.783. The Morgan fingerprint density at radius 2 is 2.07 bits per heavy atom. The normalized spacial score (nSPS) is 11.5. The van der Waals surface area contributed by atoms with E-state index >= 15 is 0 Å². The summed E-state index contributed by atoms with van der Waals surface area (Å²) in [5, 5.41) is 0. The number of hydrogen-bond acceptors (Lipinski definition) is 2. The second-order valence-corrected chi connectivity index (χ2v) is 3.55. The molecule has 0 saturated carbocycles. The zero-order valence-corrected chi connectivity index (χ0v) is 9.15. The van der Waals surface area contributed by atoms with Crippen LogP contribution in [0.1, 0.15) is 5.56 Å². The highest BCUT2D eigenvalue weighted by molar-refractivity contribution is 14.1. The van der Waals surface area contributed by atoms with Gasteiger partial charge in [0.25, 0.3) is 5.56 Å². The Morgan fingerprint density at radius 1 is 1.47 bits per heavy atom.